The zero-order valence-corrected chi connectivity index (χ0v) is 15.7. The number of thiophene rings is 1. The van der Waals surface area contributed by atoms with Gasteiger partial charge in [-0.2, -0.15) is 11.3 Å². The minimum absolute atomic E-state index is 0.0866. The summed E-state index contributed by atoms with van der Waals surface area (Å²) in [5, 5.41) is 9.58. The molecule has 5 nitrogen and oxygen atoms in total. The van der Waals surface area contributed by atoms with Gasteiger partial charge in [-0.3, -0.25) is 9.59 Å². The van der Waals surface area contributed by atoms with Gasteiger partial charge < -0.3 is 15.4 Å². The molecule has 2 aromatic carbocycles. The van der Waals surface area contributed by atoms with Crippen LogP contribution >= 0.6 is 11.3 Å². The molecule has 2 amide bonds. The maximum absolute atomic E-state index is 12.2. The van der Waals surface area contributed by atoms with Crippen LogP contribution in [0.1, 0.15) is 15.9 Å². The maximum atomic E-state index is 12.2. The number of benzene rings is 2. The van der Waals surface area contributed by atoms with Gasteiger partial charge in [-0.05, 0) is 51.7 Å². The number of hydrogen-bond donors (Lipinski definition) is 2. The molecule has 0 unspecified atom stereocenters. The van der Waals surface area contributed by atoms with Crippen LogP contribution in [0.3, 0.4) is 0 Å². The standard InChI is InChI=1S/C21H20N2O3S/c1-26-18-7-4-6-15(11-18)21(25)23-13-20(24)22-12-16-5-2-3-8-19(16)17-9-10-27-14-17/h2-11,14H,12-13H2,1H3,(H,22,24)(H,23,25). The van der Waals surface area contributed by atoms with E-state index in [1.54, 1.807) is 42.7 Å². The number of amides is 2. The second-order valence-corrected chi connectivity index (χ2v) is 6.64. The third-order valence-electron chi connectivity index (χ3n) is 4.07. The normalized spacial score (nSPS) is 10.3. The highest BCUT2D eigenvalue weighted by Gasteiger charge is 2.10. The van der Waals surface area contributed by atoms with E-state index in [-0.39, 0.29) is 18.4 Å². The van der Waals surface area contributed by atoms with E-state index in [2.05, 4.69) is 22.1 Å². The lowest BCUT2D eigenvalue weighted by Crippen LogP contribution is -2.36. The molecule has 0 radical (unpaired) electrons. The van der Waals surface area contributed by atoms with E-state index in [4.69, 9.17) is 4.74 Å². The predicted molar refractivity (Wildman–Crippen MR) is 107 cm³/mol. The minimum atomic E-state index is -0.317. The number of methoxy groups -OCH3 is 1. The summed E-state index contributed by atoms with van der Waals surface area (Å²) in [7, 11) is 1.54. The lowest BCUT2D eigenvalue weighted by Gasteiger charge is -2.11. The van der Waals surface area contributed by atoms with Crippen LogP contribution in [0.5, 0.6) is 5.75 Å². The summed E-state index contributed by atoms with van der Waals surface area (Å²) in [6.45, 7) is 0.316. The predicted octanol–water partition coefficient (Wildman–Crippen LogP) is 3.47. The molecule has 0 bridgehead atoms. The first-order valence-electron chi connectivity index (χ1n) is 8.47. The number of ether oxygens (including phenoxy) is 1. The van der Waals surface area contributed by atoms with E-state index in [0.717, 1.165) is 16.7 Å². The van der Waals surface area contributed by atoms with Crippen LogP contribution < -0.4 is 15.4 Å². The molecule has 6 heteroatoms. The van der Waals surface area contributed by atoms with Gasteiger partial charge in [-0.1, -0.05) is 30.3 Å². The molecule has 138 valence electrons. The van der Waals surface area contributed by atoms with E-state index >= 15 is 0 Å². The first kappa shape index (κ1) is 18.7. The topological polar surface area (TPSA) is 67.4 Å². The van der Waals surface area contributed by atoms with E-state index in [9.17, 15) is 9.59 Å². The van der Waals surface area contributed by atoms with Gasteiger partial charge in [0.15, 0.2) is 0 Å². The summed E-state index contributed by atoms with van der Waals surface area (Å²) >= 11 is 1.64. The SMILES string of the molecule is COc1cccc(C(=O)NCC(=O)NCc2ccccc2-c2ccsc2)c1. The van der Waals surface area contributed by atoms with Crippen molar-refractivity contribution in [1.82, 2.24) is 10.6 Å². The van der Waals surface area contributed by atoms with Gasteiger partial charge in [0.1, 0.15) is 5.75 Å². The summed E-state index contributed by atoms with van der Waals surface area (Å²) in [6, 6.07) is 16.8. The molecule has 2 N–H and O–H groups in total. The number of hydrogen-bond acceptors (Lipinski definition) is 4. The van der Waals surface area contributed by atoms with Crippen molar-refractivity contribution in [3.63, 3.8) is 0 Å². The van der Waals surface area contributed by atoms with Crippen LogP contribution in [0, 0.1) is 0 Å². The molecule has 1 heterocycles. The first-order valence-corrected chi connectivity index (χ1v) is 9.41. The average molecular weight is 380 g/mol. The molecule has 1 aromatic heterocycles. The summed E-state index contributed by atoms with van der Waals surface area (Å²) in [4.78, 5) is 24.3. The molecule has 0 atom stereocenters. The van der Waals surface area contributed by atoms with Crippen molar-refractivity contribution in [2.75, 3.05) is 13.7 Å². The highest BCUT2D eigenvalue weighted by Crippen LogP contribution is 2.25. The second-order valence-electron chi connectivity index (χ2n) is 5.86. The molecular formula is C21H20N2O3S. The fraction of sp³-hybridized carbons (Fsp3) is 0.143. The summed E-state index contributed by atoms with van der Waals surface area (Å²) < 4.78 is 5.10. The Labute approximate surface area is 162 Å². The number of nitrogens with one attached hydrogen (secondary N) is 2. The van der Waals surface area contributed by atoms with Gasteiger partial charge in [0.25, 0.3) is 5.91 Å². The summed E-state index contributed by atoms with van der Waals surface area (Å²) in [5.74, 6) is 0.0335. The van der Waals surface area contributed by atoms with Crippen LogP contribution in [0.25, 0.3) is 11.1 Å². The molecular weight excluding hydrogens is 360 g/mol. The zero-order valence-electron chi connectivity index (χ0n) is 14.9. The van der Waals surface area contributed by atoms with Crippen molar-refractivity contribution in [2.45, 2.75) is 6.54 Å². The van der Waals surface area contributed by atoms with Crippen LogP contribution in [0.4, 0.5) is 0 Å². The Bertz CT molecular complexity index is 923. The van der Waals surface area contributed by atoms with Crippen LogP contribution in [-0.4, -0.2) is 25.5 Å². The van der Waals surface area contributed by atoms with E-state index in [0.29, 0.717) is 17.9 Å². The Morgan fingerprint density at radius 2 is 1.89 bits per heavy atom. The zero-order chi connectivity index (χ0) is 19.1. The summed E-state index contributed by atoms with van der Waals surface area (Å²) in [6.07, 6.45) is 0. The number of carbonyl (C=O) groups is 2. The van der Waals surface area contributed by atoms with Crippen LogP contribution in [-0.2, 0) is 11.3 Å². The quantitative estimate of drug-likeness (QED) is 0.660. The van der Waals surface area contributed by atoms with Crippen LogP contribution in [0.15, 0.2) is 65.4 Å². The smallest absolute Gasteiger partial charge is 0.251 e. The summed E-state index contributed by atoms with van der Waals surface area (Å²) in [5.41, 5.74) is 3.71. The van der Waals surface area contributed by atoms with Crippen molar-refractivity contribution in [3.8, 4) is 16.9 Å². The Morgan fingerprint density at radius 3 is 2.67 bits per heavy atom. The van der Waals surface area contributed by atoms with Gasteiger partial charge in [0.2, 0.25) is 5.91 Å². The van der Waals surface area contributed by atoms with Crippen molar-refractivity contribution in [2.24, 2.45) is 0 Å². The Kier molecular flexibility index (Phi) is 6.22. The first-order chi connectivity index (χ1) is 13.2. The molecule has 0 spiro atoms. The monoisotopic (exact) mass is 380 g/mol. The lowest BCUT2D eigenvalue weighted by atomic mass is 10.0. The molecule has 0 aliphatic carbocycles. The largest absolute Gasteiger partial charge is 0.497 e. The number of rotatable bonds is 7. The van der Waals surface area contributed by atoms with Crippen molar-refractivity contribution >= 4 is 23.2 Å². The highest BCUT2D eigenvalue weighted by atomic mass is 32.1. The minimum Gasteiger partial charge on any atom is -0.497 e. The second kappa shape index (κ2) is 9.00. The van der Waals surface area contributed by atoms with E-state index in [1.807, 2.05) is 29.6 Å². The molecule has 27 heavy (non-hydrogen) atoms. The van der Waals surface area contributed by atoms with Crippen molar-refractivity contribution in [3.05, 3.63) is 76.5 Å². The lowest BCUT2D eigenvalue weighted by molar-refractivity contribution is -0.120. The molecule has 3 aromatic rings. The van der Waals surface area contributed by atoms with Crippen LogP contribution in [0.2, 0.25) is 0 Å². The highest BCUT2D eigenvalue weighted by molar-refractivity contribution is 7.08. The Morgan fingerprint density at radius 1 is 1.04 bits per heavy atom. The Hall–Kier alpha value is -3.12. The molecule has 0 aliphatic rings. The van der Waals surface area contributed by atoms with Gasteiger partial charge in [-0.15, -0.1) is 0 Å². The van der Waals surface area contributed by atoms with Crippen molar-refractivity contribution < 1.29 is 14.3 Å². The fourth-order valence-electron chi connectivity index (χ4n) is 2.66. The van der Waals surface area contributed by atoms with Gasteiger partial charge in [0.05, 0.1) is 13.7 Å². The van der Waals surface area contributed by atoms with E-state index in [1.165, 1.54) is 0 Å². The third kappa shape index (κ3) is 4.95. The molecule has 0 fully saturated rings. The van der Waals surface area contributed by atoms with Gasteiger partial charge in [-0.25, -0.2) is 0 Å². The third-order valence-corrected chi connectivity index (χ3v) is 4.75. The maximum Gasteiger partial charge on any atom is 0.251 e. The average Bonchev–Trinajstić information content (AvgIpc) is 3.25. The van der Waals surface area contributed by atoms with Crippen molar-refractivity contribution in [1.29, 1.82) is 0 Å². The van der Waals surface area contributed by atoms with E-state index < -0.39 is 0 Å². The fourth-order valence-corrected chi connectivity index (χ4v) is 3.31. The molecule has 0 saturated carbocycles. The molecule has 3 rings (SSSR count). The Balaban J connectivity index is 1.54. The molecule has 0 saturated heterocycles. The van der Waals surface area contributed by atoms with Gasteiger partial charge >= 0.3 is 0 Å². The van der Waals surface area contributed by atoms with Gasteiger partial charge in [0, 0.05) is 12.1 Å². The number of carbonyl (C=O) groups excluding carboxylic acids is 2. The molecule has 0 aliphatic heterocycles.